The summed E-state index contributed by atoms with van der Waals surface area (Å²) in [5, 5.41) is 1.42. The van der Waals surface area contributed by atoms with Crippen LogP contribution in [0.15, 0.2) is 11.9 Å². The summed E-state index contributed by atoms with van der Waals surface area (Å²) < 4.78 is 116. The largest absolute Gasteiger partial charge is 0.335 e. The Labute approximate surface area is 126 Å². The molecule has 1 nitrogen and oxygen atoms in total. The van der Waals surface area contributed by atoms with Crippen molar-refractivity contribution in [2.24, 2.45) is 0 Å². The van der Waals surface area contributed by atoms with Gasteiger partial charge in [0.05, 0.1) is 0 Å². The second-order valence-corrected chi connectivity index (χ2v) is 4.56. The van der Waals surface area contributed by atoms with Gasteiger partial charge in [-0.2, -0.15) is 22.0 Å². The van der Waals surface area contributed by atoms with Gasteiger partial charge in [0.1, 0.15) is 11.3 Å². The quantitative estimate of drug-likeness (QED) is 0.252. The molecule has 1 rings (SSSR count). The lowest BCUT2D eigenvalue weighted by Crippen LogP contribution is -2.23. The highest BCUT2D eigenvalue weighted by molar-refractivity contribution is 7.83. The summed E-state index contributed by atoms with van der Waals surface area (Å²) in [4.78, 5) is 0. The van der Waals surface area contributed by atoms with E-state index in [2.05, 4.69) is 12.2 Å². The Bertz CT molecular complexity index is 640. The summed E-state index contributed by atoms with van der Waals surface area (Å²) in [6.07, 6.45) is -3.62. The number of hydrogen-bond acceptors (Lipinski definition) is 1. The summed E-state index contributed by atoms with van der Waals surface area (Å²) in [5.41, 5.74) is -4.54. The molecule has 0 aliphatic heterocycles. The van der Waals surface area contributed by atoms with Crippen molar-refractivity contribution in [1.82, 2.24) is 0 Å². The van der Waals surface area contributed by atoms with E-state index in [9.17, 15) is 39.5 Å². The molecule has 0 heterocycles. The number of allylic oxidation sites excluding steroid dienone is 1. The standard InChI is InChI=1S/C10HClF9NS/c11-9(22)21-6-4(14)2(12)1(3(13)5(6)15)10(19,20)7(16)8(17)18/h(H,21,22). The number of halogens is 10. The lowest BCUT2D eigenvalue weighted by Gasteiger charge is -2.18. The van der Waals surface area contributed by atoms with Gasteiger partial charge in [0.25, 0.3) is 0 Å². The number of nitrogens with one attached hydrogen (secondary N) is 1. The van der Waals surface area contributed by atoms with E-state index >= 15 is 0 Å². The van der Waals surface area contributed by atoms with Gasteiger partial charge >= 0.3 is 12.0 Å². The van der Waals surface area contributed by atoms with Crippen molar-refractivity contribution in [3.63, 3.8) is 0 Å². The summed E-state index contributed by atoms with van der Waals surface area (Å²) in [7, 11) is 0. The molecule has 0 atom stereocenters. The topological polar surface area (TPSA) is 12.0 Å². The Balaban J connectivity index is 3.74. The molecule has 0 aliphatic rings. The van der Waals surface area contributed by atoms with E-state index in [4.69, 9.17) is 11.6 Å². The van der Waals surface area contributed by atoms with Gasteiger partial charge < -0.3 is 5.32 Å². The van der Waals surface area contributed by atoms with E-state index in [-0.39, 0.29) is 0 Å². The molecular weight excluding hydrogens is 373 g/mol. The average Bonchev–Trinajstić information content (AvgIpc) is 2.40. The maximum atomic E-state index is 13.5. The van der Waals surface area contributed by atoms with Crippen LogP contribution in [0.3, 0.4) is 0 Å². The van der Waals surface area contributed by atoms with Gasteiger partial charge in [-0.05, 0) is 12.2 Å². The molecule has 122 valence electrons. The Morgan fingerprint density at radius 1 is 0.909 bits per heavy atom. The number of anilines is 1. The lowest BCUT2D eigenvalue weighted by molar-refractivity contribution is -0.00215. The van der Waals surface area contributed by atoms with E-state index in [0.29, 0.717) is 0 Å². The third-order valence-corrected chi connectivity index (χ3v) is 2.44. The zero-order valence-corrected chi connectivity index (χ0v) is 11.3. The van der Waals surface area contributed by atoms with Crippen molar-refractivity contribution >= 4 is 34.0 Å². The predicted molar refractivity (Wildman–Crippen MR) is 62.6 cm³/mol. The third-order valence-electron chi connectivity index (χ3n) is 2.24. The minimum Gasteiger partial charge on any atom is -0.332 e. The smallest absolute Gasteiger partial charge is 0.332 e. The summed E-state index contributed by atoms with van der Waals surface area (Å²) >= 11 is 9.14. The molecule has 12 heteroatoms. The zero-order chi connectivity index (χ0) is 17.4. The Kier molecular flexibility index (Phi) is 5.34. The van der Waals surface area contributed by atoms with Crippen LogP contribution < -0.4 is 5.32 Å². The lowest BCUT2D eigenvalue weighted by atomic mass is 10.0. The van der Waals surface area contributed by atoms with Gasteiger partial charge in [-0.3, -0.25) is 0 Å². The summed E-state index contributed by atoms with van der Waals surface area (Å²) in [6.45, 7) is 0. The van der Waals surface area contributed by atoms with E-state index in [0.717, 1.165) is 0 Å². The molecule has 0 aromatic heterocycles. The van der Waals surface area contributed by atoms with E-state index < -0.39 is 56.8 Å². The van der Waals surface area contributed by atoms with Gasteiger partial charge in [-0.1, -0.05) is 11.6 Å². The highest BCUT2D eigenvalue weighted by atomic mass is 35.5. The number of hydrogen-bond donors (Lipinski definition) is 1. The summed E-state index contributed by atoms with van der Waals surface area (Å²) in [6, 6.07) is 0. The monoisotopic (exact) mass is 373 g/mol. The second-order valence-electron chi connectivity index (χ2n) is 3.55. The molecule has 1 aromatic rings. The van der Waals surface area contributed by atoms with Crippen LogP contribution in [-0.2, 0) is 5.92 Å². The minimum absolute atomic E-state index is 0.906. The van der Waals surface area contributed by atoms with Crippen LogP contribution in [0.25, 0.3) is 0 Å². The molecule has 1 aromatic carbocycles. The fraction of sp³-hybridized carbons (Fsp3) is 0.100. The fourth-order valence-electron chi connectivity index (χ4n) is 1.34. The highest BCUT2D eigenvalue weighted by Gasteiger charge is 2.48. The van der Waals surface area contributed by atoms with E-state index in [1.165, 1.54) is 5.32 Å². The number of alkyl halides is 2. The fourth-order valence-corrected chi connectivity index (χ4v) is 1.54. The van der Waals surface area contributed by atoms with Gasteiger partial charge in [-0.15, -0.1) is 0 Å². The SMILES string of the molecule is FC(F)=C(F)C(F)(F)c1c(F)c(F)c(NC(=S)Cl)c(F)c1F. The first-order valence-electron chi connectivity index (χ1n) is 4.84. The molecule has 0 unspecified atom stereocenters. The normalized spacial score (nSPS) is 11.4. The van der Waals surface area contributed by atoms with Crippen molar-refractivity contribution in [1.29, 1.82) is 0 Å². The summed E-state index contributed by atoms with van der Waals surface area (Å²) in [5.74, 6) is -19.7. The molecule has 0 saturated carbocycles. The van der Waals surface area contributed by atoms with E-state index in [1.807, 2.05) is 0 Å². The van der Waals surface area contributed by atoms with Crippen LogP contribution in [0.4, 0.5) is 45.2 Å². The van der Waals surface area contributed by atoms with Gasteiger partial charge in [0.15, 0.2) is 27.7 Å². The Morgan fingerprint density at radius 3 is 1.64 bits per heavy atom. The molecular formula is C10HClF9NS. The second kappa shape index (κ2) is 6.32. The number of thiocarbonyl (C=S) groups is 1. The maximum Gasteiger partial charge on any atom is 0.335 e. The third kappa shape index (κ3) is 3.14. The van der Waals surface area contributed by atoms with Crippen molar-refractivity contribution in [2.45, 2.75) is 5.92 Å². The molecule has 0 amide bonds. The van der Waals surface area contributed by atoms with Crippen molar-refractivity contribution in [2.75, 3.05) is 5.32 Å². The van der Waals surface area contributed by atoms with Crippen LogP contribution >= 0.6 is 23.8 Å². The van der Waals surface area contributed by atoms with E-state index in [1.54, 1.807) is 0 Å². The van der Waals surface area contributed by atoms with Crippen LogP contribution in [0.1, 0.15) is 5.56 Å². The molecule has 22 heavy (non-hydrogen) atoms. The van der Waals surface area contributed by atoms with Crippen molar-refractivity contribution < 1.29 is 39.5 Å². The molecule has 0 spiro atoms. The van der Waals surface area contributed by atoms with Crippen LogP contribution in [0.5, 0.6) is 0 Å². The molecule has 0 radical (unpaired) electrons. The van der Waals surface area contributed by atoms with Crippen molar-refractivity contribution in [3.8, 4) is 0 Å². The van der Waals surface area contributed by atoms with Crippen molar-refractivity contribution in [3.05, 3.63) is 40.7 Å². The minimum atomic E-state index is -5.64. The van der Waals surface area contributed by atoms with Gasteiger partial charge in [-0.25, -0.2) is 17.6 Å². The molecule has 0 fully saturated rings. The molecule has 1 N–H and O–H groups in total. The van der Waals surface area contributed by atoms with Crippen LogP contribution in [-0.4, -0.2) is 4.45 Å². The maximum absolute atomic E-state index is 13.5. The first-order valence-corrected chi connectivity index (χ1v) is 5.63. The molecule has 0 saturated heterocycles. The number of rotatable bonds is 3. The Hall–Kier alpha value is -1.49. The molecule has 0 bridgehead atoms. The average molecular weight is 374 g/mol. The number of benzene rings is 1. The highest BCUT2D eigenvalue weighted by Crippen LogP contribution is 2.44. The Morgan fingerprint density at radius 2 is 1.32 bits per heavy atom. The first kappa shape index (κ1) is 18.6. The molecule has 0 aliphatic carbocycles. The first-order chi connectivity index (χ1) is 9.92. The van der Waals surface area contributed by atoms with Crippen LogP contribution in [0.2, 0.25) is 0 Å². The zero-order valence-electron chi connectivity index (χ0n) is 9.69. The predicted octanol–water partition coefficient (Wildman–Crippen LogP) is 5.35. The van der Waals surface area contributed by atoms with Gasteiger partial charge in [0.2, 0.25) is 5.83 Å². The van der Waals surface area contributed by atoms with Gasteiger partial charge in [0, 0.05) is 0 Å². The van der Waals surface area contributed by atoms with Crippen LogP contribution in [0, 0.1) is 23.3 Å².